The molecule has 6 heteroatoms. The minimum Gasteiger partial charge on any atom is -0.490 e. The third kappa shape index (κ3) is 5.83. The van der Waals surface area contributed by atoms with Crippen LogP contribution in [0.1, 0.15) is 36.1 Å². The van der Waals surface area contributed by atoms with Crippen molar-refractivity contribution in [2.24, 2.45) is 0 Å². The zero-order valence-electron chi connectivity index (χ0n) is 17.6. The Morgan fingerprint density at radius 2 is 1.86 bits per heavy atom. The van der Waals surface area contributed by atoms with E-state index in [2.05, 4.69) is 57.5 Å². The Morgan fingerprint density at radius 1 is 1.07 bits per heavy atom. The maximum absolute atomic E-state index is 6.19. The SMILES string of the molecule is CNc1cc(C)nc(NCCCN2CCC(Oc3ccc(C)c(C)c3)CC2)n1. The molecule has 0 unspecified atom stereocenters. The van der Waals surface area contributed by atoms with Gasteiger partial charge >= 0.3 is 0 Å². The number of aryl methyl sites for hydroxylation is 3. The highest BCUT2D eigenvalue weighted by molar-refractivity contribution is 5.41. The van der Waals surface area contributed by atoms with Crippen molar-refractivity contribution in [3.63, 3.8) is 0 Å². The first kappa shape index (κ1) is 20.4. The van der Waals surface area contributed by atoms with Gasteiger partial charge in [-0.3, -0.25) is 0 Å². The van der Waals surface area contributed by atoms with Gasteiger partial charge in [-0.15, -0.1) is 0 Å². The van der Waals surface area contributed by atoms with Crippen LogP contribution in [-0.4, -0.2) is 54.2 Å². The number of hydrogen-bond donors (Lipinski definition) is 2. The molecular weight excluding hydrogens is 350 g/mol. The lowest BCUT2D eigenvalue weighted by atomic mass is 10.1. The van der Waals surface area contributed by atoms with E-state index < -0.39 is 0 Å². The van der Waals surface area contributed by atoms with E-state index in [1.54, 1.807) is 0 Å². The fourth-order valence-corrected chi connectivity index (χ4v) is 3.51. The summed E-state index contributed by atoms with van der Waals surface area (Å²) in [5.74, 6) is 2.55. The van der Waals surface area contributed by atoms with Crippen LogP contribution in [0.2, 0.25) is 0 Å². The van der Waals surface area contributed by atoms with Gasteiger partial charge in [-0.1, -0.05) is 6.07 Å². The quantitative estimate of drug-likeness (QED) is 0.676. The zero-order valence-corrected chi connectivity index (χ0v) is 17.6. The first-order valence-electron chi connectivity index (χ1n) is 10.3. The van der Waals surface area contributed by atoms with Crippen LogP contribution >= 0.6 is 0 Å². The normalized spacial score (nSPS) is 15.4. The first-order chi connectivity index (χ1) is 13.5. The van der Waals surface area contributed by atoms with Crippen molar-refractivity contribution >= 4 is 11.8 Å². The molecule has 0 saturated carbocycles. The molecule has 1 aliphatic heterocycles. The second-order valence-electron chi connectivity index (χ2n) is 7.65. The number of anilines is 2. The third-order valence-corrected chi connectivity index (χ3v) is 5.36. The van der Waals surface area contributed by atoms with E-state index in [-0.39, 0.29) is 0 Å². The number of aromatic nitrogens is 2. The van der Waals surface area contributed by atoms with Crippen LogP contribution in [0.25, 0.3) is 0 Å². The van der Waals surface area contributed by atoms with Crippen LogP contribution < -0.4 is 15.4 Å². The molecule has 2 N–H and O–H groups in total. The summed E-state index contributed by atoms with van der Waals surface area (Å²) in [6.45, 7) is 10.4. The second-order valence-corrected chi connectivity index (χ2v) is 7.65. The lowest BCUT2D eigenvalue weighted by Gasteiger charge is -2.32. The van der Waals surface area contributed by atoms with Gasteiger partial charge in [0.05, 0.1) is 0 Å². The van der Waals surface area contributed by atoms with Gasteiger partial charge in [0.2, 0.25) is 5.95 Å². The van der Waals surface area contributed by atoms with E-state index >= 15 is 0 Å². The van der Waals surface area contributed by atoms with Gasteiger partial charge in [-0.2, -0.15) is 4.98 Å². The highest BCUT2D eigenvalue weighted by Gasteiger charge is 2.20. The highest BCUT2D eigenvalue weighted by Crippen LogP contribution is 2.21. The monoisotopic (exact) mass is 383 g/mol. The molecule has 0 aliphatic carbocycles. The molecule has 2 aromatic rings. The molecule has 0 radical (unpaired) electrons. The van der Waals surface area contributed by atoms with Crippen LogP contribution in [0.5, 0.6) is 5.75 Å². The molecule has 1 aliphatic rings. The summed E-state index contributed by atoms with van der Waals surface area (Å²) in [6.07, 6.45) is 3.59. The lowest BCUT2D eigenvalue weighted by molar-refractivity contribution is 0.100. The second kappa shape index (κ2) is 9.73. The molecule has 0 bridgehead atoms. The summed E-state index contributed by atoms with van der Waals surface area (Å²) < 4.78 is 6.19. The van der Waals surface area contributed by atoms with Crippen LogP contribution in [0, 0.1) is 20.8 Å². The van der Waals surface area contributed by atoms with Crippen molar-refractivity contribution in [1.82, 2.24) is 14.9 Å². The van der Waals surface area contributed by atoms with Gasteiger partial charge in [0.25, 0.3) is 0 Å². The average molecular weight is 384 g/mol. The van der Waals surface area contributed by atoms with Gasteiger partial charge in [0.1, 0.15) is 17.7 Å². The Hall–Kier alpha value is -2.34. The molecule has 1 fully saturated rings. The number of piperidine rings is 1. The van der Waals surface area contributed by atoms with Gasteiger partial charge in [-0.05, 0) is 69.8 Å². The summed E-state index contributed by atoms with van der Waals surface area (Å²) in [7, 11) is 1.87. The molecule has 2 heterocycles. The topological polar surface area (TPSA) is 62.3 Å². The Balaban J connectivity index is 1.35. The van der Waals surface area contributed by atoms with Gasteiger partial charge in [-0.25, -0.2) is 4.98 Å². The van der Waals surface area contributed by atoms with E-state index in [0.29, 0.717) is 12.1 Å². The zero-order chi connectivity index (χ0) is 19.9. The largest absolute Gasteiger partial charge is 0.490 e. The maximum Gasteiger partial charge on any atom is 0.224 e. The van der Waals surface area contributed by atoms with Crippen LogP contribution in [0.15, 0.2) is 24.3 Å². The molecule has 1 aromatic carbocycles. The molecule has 152 valence electrons. The first-order valence-corrected chi connectivity index (χ1v) is 10.3. The maximum atomic E-state index is 6.19. The van der Waals surface area contributed by atoms with Crippen LogP contribution in [0.4, 0.5) is 11.8 Å². The number of hydrogen-bond acceptors (Lipinski definition) is 6. The highest BCUT2D eigenvalue weighted by atomic mass is 16.5. The van der Waals surface area contributed by atoms with Crippen molar-refractivity contribution in [1.29, 1.82) is 0 Å². The van der Waals surface area contributed by atoms with Gasteiger partial charge in [0, 0.05) is 38.4 Å². The summed E-state index contributed by atoms with van der Waals surface area (Å²) in [6, 6.07) is 8.33. The molecule has 28 heavy (non-hydrogen) atoms. The summed E-state index contributed by atoms with van der Waals surface area (Å²) in [5, 5.41) is 6.40. The fraction of sp³-hybridized carbons (Fsp3) is 0.545. The number of benzene rings is 1. The van der Waals surface area contributed by atoms with Crippen molar-refractivity contribution in [3.8, 4) is 5.75 Å². The Kier molecular flexibility index (Phi) is 7.09. The van der Waals surface area contributed by atoms with Gasteiger partial charge < -0.3 is 20.3 Å². The van der Waals surface area contributed by atoms with Crippen LogP contribution in [0.3, 0.4) is 0 Å². The number of likely N-dealkylation sites (tertiary alicyclic amines) is 1. The van der Waals surface area contributed by atoms with E-state index in [9.17, 15) is 0 Å². The molecule has 1 saturated heterocycles. The van der Waals surface area contributed by atoms with E-state index in [4.69, 9.17) is 4.74 Å². The van der Waals surface area contributed by atoms with Crippen molar-refractivity contribution in [2.45, 2.75) is 46.1 Å². The molecule has 3 rings (SSSR count). The fourth-order valence-electron chi connectivity index (χ4n) is 3.51. The predicted molar refractivity (Wildman–Crippen MR) is 115 cm³/mol. The smallest absolute Gasteiger partial charge is 0.224 e. The Labute approximate surface area is 168 Å². The third-order valence-electron chi connectivity index (χ3n) is 5.36. The standard InChI is InChI=1S/C22H33N5O/c1-16-6-7-20(14-17(16)2)28-19-8-12-27(13-9-19)11-5-10-24-22-25-18(3)15-21(23-4)26-22/h6-7,14-15,19H,5,8-13H2,1-4H3,(H2,23,24,25,26). The molecule has 1 aromatic heterocycles. The number of ether oxygens (including phenoxy) is 1. The van der Waals surface area contributed by atoms with Gasteiger partial charge in [0.15, 0.2) is 0 Å². The number of rotatable bonds is 8. The minimum atomic E-state index is 0.331. The number of nitrogens with zero attached hydrogens (tertiary/aromatic N) is 3. The summed E-state index contributed by atoms with van der Waals surface area (Å²) >= 11 is 0. The molecule has 6 nitrogen and oxygen atoms in total. The Morgan fingerprint density at radius 3 is 2.57 bits per heavy atom. The molecule has 0 atom stereocenters. The summed E-state index contributed by atoms with van der Waals surface area (Å²) in [4.78, 5) is 11.4. The number of nitrogens with one attached hydrogen (secondary N) is 2. The average Bonchev–Trinajstić information content (AvgIpc) is 2.69. The Bertz CT molecular complexity index is 772. The van der Waals surface area contributed by atoms with Crippen molar-refractivity contribution < 1.29 is 4.74 Å². The van der Waals surface area contributed by atoms with E-state index in [1.807, 2.05) is 20.0 Å². The van der Waals surface area contributed by atoms with Crippen LogP contribution in [-0.2, 0) is 0 Å². The molecule has 0 spiro atoms. The van der Waals surface area contributed by atoms with E-state index in [1.165, 1.54) is 11.1 Å². The minimum absolute atomic E-state index is 0.331. The summed E-state index contributed by atoms with van der Waals surface area (Å²) in [5.41, 5.74) is 3.57. The molecular formula is C22H33N5O. The van der Waals surface area contributed by atoms with Crippen molar-refractivity contribution in [2.75, 3.05) is 43.9 Å². The molecule has 0 amide bonds. The van der Waals surface area contributed by atoms with Crippen molar-refractivity contribution in [3.05, 3.63) is 41.1 Å². The predicted octanol–water partition coefficient (Wildman–Crippen LogP) is 3.79. The van der Waals surface area contributed by atoms with E-state index in [0.717, 1.165) is 62.7 Å². The lowest BCUT2D eigenvalue weighted by Crippen LogP contribution is -2.39.